The van der Waals surface area contributed by atoms with Gasteiger partial charge >= 0.3 is 6.61 Å². The van der Waals surface area contributed by atoms with Crippen molar-refractivity contribution in [2.75, 3.05) is 0 Å². The zero-order valence-corrected chi connectivity index (χ0v) is 6.84. The van der Waals surface area contributed by atoms with Crippen molar-refractivity contribution in [2.24, 2.45) is 5.73 Å². The van der Waals surface area contributed by atoms with E-state index >= 15 is 0 Å². The molecule has 0 aliphatic heterocycles. The number of hydrogen-bond acceptors (Lipinski definition) is 2. The zero-order chi connectivity index (χ0) is 10.7. The van der Waals surface area contributed by atoms with Crippen molar-refractivity contribution in [1.29, 1.82) is 0 Å². The summed E-state index contributed by atoms with van der Waals surface area (Å²) in [4.78, 5) is 10.5. The van der Waals surface area contributed by atoms with Crippen LogP contribution in [0.4, 0.5) is 13.2 Å². The van der Waals surface area contributed by atoms with Crippen molar-refractivity contribution >= 4 is 5.91 Å². The van der Waals surface area contributed by atoms with Gasteiger partial charge in [0.05, 0.1) is 5.56 Å². The molecule has 0 atom stereocenters. The van der Waals surface area contributed by atoms with Gasteiger partial charge in [0.2, 0.25) is 0 Å². The predicted molar refractivity (Wildman–Crippen MR) is 41.5 cm³/mol. The van der Waals surface area contributed by atoms with Crippen LogP contribution in [-0.2, 0) is 0 Å². The Morgan fingerprint density at radius 2 is 2.07 bits per heavy atom. The van der Waals surface area contributed by atoms with E-state index in [1.54, 1.807) is 0 Å². The van der Waals surface area contributed by atoms with Crippen LogP contribution in [0.25, 0.3) is 0 Å². The maximum absolute atomic E-state index is 12.9. The summed E-state index contributed by atoms with van der Waals surface area (Å²) in [7, 11) is 0. The van der Waals surface area contributed by atoms with E-state index in [0.717, 1.165) is 12.1 Å². The van der Waals surface area contributed by atoms with Crippen molar-refractivity contribution < 1.29 is 22.7 Å². The first-order valence-electron chi connectivity index (χ1n) is 3.55. The molecule has 0 bridgehead atoms. The van der Waals surface area contributed by atoms with Gasteiger partial charge in [0.25, 0.3) is 5.91 Å². The lowest BCUT2D eigenvalue weighted by Gasteiger charge is -2.05. The van der Waals surface area contributed by atoms with E-state index in [4.69, 9.17) is 5.73 Å². The van der Waals surface area contributed by atoms with Crippen LogP contribution in [0.15, 0.2) is 18.2 Å². The normalized spacial score (nSPS) is 10.3. The molecule has 0 unspecified atom stereocenters. The van der Waals surface area contributed by atoms with E-state index in [-0.39, 0.29) is 11.3 Å². The van der Waals surface area contributed by atoms with Crippen molar-refractivity contribution in [1.82, 2.24) is 0 Å². The summed E-state index contributed by atoms with van der Waals surface area (Å²) in [5, 5.41) is 0. The molecule has 2 N–H and O–H groups in total. The van der Waals surface area contributed by atoms with Gasteiger partial charge in [0.1, 0.15) is 11.6 Å². The number of rotatable bonds is 3. The number of carbonyl (C=O) groups excluding carboxylic acids is 1. The van der Waals surface area contributed by atoms with Crippen LogP contribution in [-0.4, -0.2) is 12.5 Å². The van der Waals surface area contributed by atoms with Crippen LogP contribution in [0.5, 0.6) is 5.75 Å². The standard InChI is InChI=1S/C8H6F3NO2/c9-6-3-4(14-8(10)11)1-2-5(6)7(12)13/h1-3,8H,(H2,12,13). The molecular weight excluding hydrogens is 199 g/mol. The van der Waals surface area contributed by atoms with E-state index < -0.39 is 18.3 Å². The summed E-state index contributed by atoms with van der Waals surface area (Å²) in [5.74, 6) is -2.32. The van der Waals surface area contributed by atoms with Gasteiger partial charge in [-0.15, -0.1) is 0 Å². The number of ether oxygens (including phenoxy) is 1. The molecule has 0 aliphatic carbocycles. The SMILES string of the molecule is NC(=O)c1ccc(OC(F)F)cc1F. The van der Waals surface area contributed by atoms with Crippen LogP contribution in [0.1, 0.15) is 10.4 Å². The molecule has 14 heavy (non-hydrogen) atoms. The van der Waals surface area contributed by atoms with Gasteiger partial charge in [-0.1, -0.05) is 0 Å². The summed E-state index contributed by atoms with van der Waals surface area (Å²) in [5.41, 5.74) is 4.43. The maximum atomic E-state index is 12.9. The second-order valence-electron chi connectivity index (χ2n) is 2.38. The van der Waals surface area contributed by atoms with Crippen LogP contribution in [0, 0.1) is 5.82 Å². The third kappa shape index (κ3) is 2.38. The first kappa shape index (κ1) is 10.4. The molecule has 1 rings (SSSR count). The van der Waals surface area contributed by atoms with E-state index in [1.165, 1.54) is 0 Å². The summed E-state index contributed by atoms with van der Waals surface area (Å²) in [6, 6.07) is 2.69. The molecule has 0 saturated heterocycles. The molecule has 3 nitrogen and oxygen atoms in total. The Kier molecular flexibility index (Phi) is 2.95. The molecule has 0 radical (unpaired) electrons. The summed E-state index contributed by atoms with van der Waals surface area (Å²) in [6.45, 7) is -3.03. The quantitative estimate of drug-likeness (QED) is 0.813. The minimum Gasteiger partial charge on any atom is -0.435 e. The summed E-state index contributed by atoms with van der Waals surface area (Å²) >= 11 is 0. The number of nitrogens with two attached hydrogens (primary N) is 1. The molecule has 6 heteroatoms. The Morgan fingerprint density at radius 3 is 2.50 bits per heavy atom. The largest absolute Gasteiger partial charge is 0.435 e. The Hall–Kier alpha value is -1.72. The van der Waals surface area contributed by atoms with Gasteiger partial charge in [-0.2, -0.15) is 8.78 Å². The van der Waals surface area contributed by atoms with Crippen LogP contribution >= 0.6 is 0 Å². The van der Waals surface area contributed by atoms with Gasteiger partial charge in [-0.25, -0.2) is 4.39 Å². The fourth-order valence-corrected chi connectivity index (χ4v) is 0.872. The Labute approximate surface area is 77.3 Å². The third-order valence-corrected chi connectivity index (χ3v) is 1.43. The highest BCUT2D eigenvalue weighted by atomic mass is 19.3. The minimum atomic E-state index is -3.03. The highest BCUT2D eigenvalue weighted by Gasteiger charge is 2.11. The first-order chi connectivity index (χ1) is 6.50. The second-order valence-corrected chi connectivity index (χ2v) is 2.38. The molecule has 0 aromatic heterocycles. The number of primary amides is 1. The number of benzene rings is 1. The van der Waals surface area contributed by atoms with Gasteiger partial charge < -0.3 is 10.5 Å². The molecule has 0 aliphatic rings. The van der Waals surface area contributed by atoms with Crippen LogP contribution in [0.3, 0.4) is 0 Å². The number of hydrogen-bond donors (Lipinski definition) is 1. The van der Waals surface area contributed by atoms with E-state index in [9.17, 15) is 18.0 Å². The van der Waals surface area contributed by atoms with Gasteiger partial charge in [0.15, 0.2) is 0 Å². The van der Waals surface area contributed by atoms with Crippen molar-refractivity contribution in [3.8, 4) is 5.75 Å². The first-order valence-corrected chi connectivity index (χ1v) is 3.55. The molecule has 1 amide bonds. The molecule has 1 aromatic rings. The Morgan fingerprint density at radius 1 is 1.43 bits per heavy atom. The average molecular weight is 205 g/mol. The van der Waals surface area contributed by atoms with Crippen LogP contribution in [0.2, 0.25) is 0 Å². The third-order valence-electron chi connectivity index (χ3n) is 1.43. The molecule has 0 saturated carbocycles. The number of carbonyl (C=O) groups is 1. The molecule has 76 valence electrons. The van der Waals surface area contributed by atoms with Crippen molar-refractivity contribution in [3.63, 3.8) is 0 Å². The maximum Gasteiger partial charge on any atom is 0.387 e. The number of alkyl halides is 2. The zero-order valence-electron chi connectivity index (χ0n) is 6.84. The number of amides is 1. The second kappa shape index (κ2) is 3.99. The Bertz CT molecular complexity index is 354. The van der Waals surface area contributed by atoms with E-state index in [0.29, 0.717) is 6.07 Å². The lowest BCUT2D eigenvalue weighted by molar-refractivity contribution is -0.0499. The summed E-state index contributed by atoms with van der Waals surface area (Å²) < 4.78 is 40.2. The van der Waals surface area contributed by atoms with Gasteiger partial charge in [0, 0.05) is 6.07 Å². The molecule has 0 spiro atoms. The minimum absolute atomic E-state index is 0.359. The molecule has 1 aromatic carbocycles. The lowest BCUT2D eigenvalue weighted by Crippen LogP contribution is -2.13. The van der Waals surface area contributed by atoms with E-state index in [2.05, 4.69) is 4.74 Å². The van der Waals surface area contributed by atoms with Gasteiger partial charge in [-0.3, -0.25) is 4.79 Å². The monoisotopic (exact) mass is 205 g/mol. The average Bonchev–Trinajstić information content (AvgIpc) is 2.01. The lowest BCUT2D eigenvalue weighted by atomic mass is 10.2. The highest BCUT2D eigenvalue weighted by Crippen LogP contribution is 2.18. The molecular formula is C8H6F3NO2. The molecule has 0 heterocycles. The fraction of sp³-hybridized carbons (Fsp3) is 0.125. The highest BCUT2D eigenvalue weighted by molar-refractivity contribution is 5.93. The van der Waals surface area contributed by atoms with Gasteiger partial charge in [-0.05, 0) is 12.1 Å². The fourth-order valence-electron chi connectivity index (χ4n) is 0.872. The topological polar surface area (TPSA) is 52.3 Å². The van der Waals surface area contributed by atoms with E-state index in [1.807, 2.05) is 0 Å². The smallest absolute Gasteiger partial charge is 0.387 e. The molecule has 0 fully saturated rings. The van der Waals surface area contributed by atoms with Crippen molar-refractivity contribution in [2.45, 2.75) is 6.61 Å². The Balaban J connectivity index is 2.94. The van der Waals surface area contributed by atoms with Crippen molar-refractivity contribution in [3.05, 3.63) is 29.6 Å². The predicted octanol–water partition coefficient (Wildman–Crippen LogP) is 1.53. The summed E-state index contributed by atoms with van der Waals surface area (Å²) in [6.07, 6.45) is 0. The van der Waals surface area contributed by atoms with Crippen LogP contribution < -0.4 is 10.5 Å². The number of halogens is 3.